The van der Waals surface area contributed by atoms with E-state index in [-0.39, 0.29) is 5.56 Å². The fourth-order valence-corrected chi connectivity index (χ4v) is 1.21. The standard InChI is InChI=1S/C7H4BrN3O/c8-6-3-9-4-1-7(12)10-2-5(4)11-6/h1-3H,(H,10,12). The lowest BCUT2D eigenvalue weighted by Gasteiger charge is -1.93. The summed E-state index contributed by atoms with van der Waals surface area (Å²) < 4.78 is 0.655. The summed E-state index contributed by atoms with van der Waals surface area (Å²) in [4.78, 5) is 21.5. The monoisotopic (exact) mass is 225 g/mol. The van der Waals surface area contributed by atoms with E-state index in [0.717, 1.165) is 0 Å². The van der Waals surface area contributed by atoms with E-state index < -0.39 is 0 Å². The first-order valence-corrected chi connectivity index (χ1v) is 4.06. The zero-order chi connectivity index (χ0) is 8.55. The lowest BCUT2D eigenvalue weighted by atomic mass is 10.4. The number of nitrogens with zero attached hydrogens (tertiary/aromatic N) is 2. The van der Waals surface area contributed by atoms with Crippen LogP contribution < -0.4 is 5.56 Å². The van der Waals surface area contributed by atoms with Crippen LogP contribution in [0.5, 0.6) is 0 Å². The second-order valence-corrected chi connectivity index (χ2v) is 3.07. The Morgan fingerprint density at radius 2 is 2.25 bits per heavy atom. The fraction of sp³-hybridized carbons (Fsp3) is 0. The molecule has 2 heterocycles. The van der Waals surface area contributed by atoms with Crippen LogP contribution in [0.25, 0.3) is 11.0 Å². The number of nitrogens with one attached hydrogen (secondary N) is 1. The van der Waals surface area contributed by atoms with Crippen molar-refractivity contribution in [1.82, 2.24) is 15.0 Å². The molecule has 12 heavy (non-hydrogen) atoms. The SMILES string of the molecule is O=c1cc2ncc(Br)nc2c[nH]1. The number of hydrogen-bond acceptors (Lipinski definition) is 3. The van der Waals surface area contributed by atoms with E-state index in [9.17, 15) is 4.79 Å². The highest BCUT2D eigenvalue weighted by Crippen LogP contribution is 2.08. The maximum atomic E-state index is 10.8. The van der Waals surface area contributed by atoms with Crippen LogP contribution in [-0.4, -0.2) is 15.0 Å². The van der Waals surface area contributed by atoms with E-state index >= 15 is 0 Å². The average molecular weight is 226 g/mol. The Hall–Kier alpha value is -1.23. The molecule has 2 aromatic rings. The van der Waals surface area contributed by atoms with Crippen molar-refractivity contribution in [3.8, 4) is 0 Å². The molecule has 0 saturated heterocycles. The summed E-state index contributed by atoms with van der Waals surface area (Å²) in [6, 6.07) is 1.41. The highest BCUT2D eigenvalue weighted by Gasteiger charge is 1.96. The minimum atomic E-state index is -0.167. The van der Waals surface area contributed by atoms with Gasteiger partial charge in [0.15, 0.2) is 0 Å². The third-order valence-corrected chi connectivity index (χ3v) is 1.80. The van der Waals surface area contributed by atoms with Gasteiger partial charge < -0.3 is 4.98 Å². The van der Waals surface area contributed by atoms with Gasteiger partial charge in [0.1, 0.15) is 10.1 Å². The second kappa shape index (κ2) is 2.67. The van der Waals surface area contributed by atoms with Crippen LogP contribution in [0.2, 0.25) is 0 Å². The predicted molar refractivity (Wildman–Crippen MR) is 47.9 cm³/mol. The Labute approximate surface area is 75.8 Å². The summed E-state index contributed by atoms with van der Waals surface area (Å²) in [6.45, 7) is 0. The number of H-pyrrole nitrogens is 1. The molecule has 0 bridgehead atoms. The van der Waals surface area contributed by atoms with Crippen molar-refractivity contribution in [3.05, 3.63) is 33.4 Å². The molecule has 60 valence electrons. The smallest absolute Gasteiger partial charge is 0.250 e. The van der Waals surface area contributed by atoms with Crippen molar-refractivity contribution < 1.29 is 0 Å². The number of halogens is 1. The van der Waals surface area contributed by atoms with Gasteiger partial charge in [-0.2, -0.15) is 0 Å². The Kier molecular flexibility index (Phi) is 1.65. The summed E-state index contributed by atoms with van der Waals surface area (Å²) in [5.74, 6) is 0. The molecule has 2 rings (SSSR count). The van der Waals surface area contributed by atoms with Crippen LogP contribution in [0, 0.1) is 0 Å². The first-order valence-electron chi connectivity index (χ1n) is 3.27. The first kappa shape index (κ1) is 7.42. The predicted octanol–water partition coefficient (Wildman–Crippen LogP) is 1.08. The molecule has 1 N–H and O–H groups in total. The zero-order valence-corrected chi connectivity index (χ0v) is 7.50. The van der Waals surface area contributed by atoms with E-state index in [0.29, 0.717) is 15.6 Å². The van der Waals surface area contributed by atoms with Crippen LogP contribution in [-0.2, 0) is 0 Å². The number of rotatable bonds is 0. The van der Waals surface area contributed by atoms with E-state index in [1.54, 1.807) is 6.20 Å². The van der Waals surface area contributed by atoms with Gasteiger partial charge in [-0.05, 0) is 15.9 Å². The van der Waals surface area contributed by atoms with Crippen molar-refractivity contribution in [2.75, 3.05) is 0 Å². The van der Waals surface area contributed by atoms with E-state index in [4.69, 9.17) is 0 Å². The first-order chi connectivity index (χ1) is 5.75. The maximum absolute atomic E-state index is 10.8. The highest BCUT2D eigenvalue weighted by molar-refractivity contribution is 9.10. The van der Waals surface area contributed by atoms with E-state index in [1.165, 1.54) is 12.3 Å². The third kappa shape index (κ3) is 1.23. The summed E-state index contributed by atoms with van der Waals surface area (Å²) in [5.41, 5.74) is 1.10. The Morgan fingerprint density at radius 1 is 1.42 bits per heavy atom. The van der Waals surface area contributed by atoms with Crippen LogP contribution in [0.3, 0.4) is 0 Å². The topological polar surface area (TPSA) is 58.6 Å². The number of aromatic nitrogens is 3. The Balaban J connectivity index is 2.87. The number of fused-ring (bicyclic) bond motifs is 1. The zero-order valence-electron chi connectivity index (χ0n) is 5.91. The Bertz CT molecular complexity index is 479. The molecule has 5 heteroatoms. The van der Waals surface area contributed by atoms with Crippen LogP contribution in [0.4, 0.5) is 0 Å². The number of hydrogen-bond donors (Lipinski definition) is 1. The summed E-state index contributed by atoms with van der Waals surface area (Å²) in [5, 5.41) is 0. The quantitative estimate of drug-likeness (QED) is 0.731. The summed E-state index contributed by atoms with van der Waals surface area (Å²) in [7, 11) is 0. The molecule has 0 amide bonds. The number of pyridine rings is 1. The lowest BCUT2D eigenvalue weighted by Crippen LogP contribution is -2.03. The van der Waals surface area contributed by atoms with Gasteiger partial charge in [0.2, 0.25) is 5.56 Å². The summed E-state index contributed by atoms with van der Waals surface area (Å²) >= 11 is 3.19. The highest BCUT2D eigenvalue weighted by atomic mass is 79.9. The molecular weight excluding hydrogens is 222 g/mol. The van der Waals surface area contributed by atoms with Gasteiger partial charge in [-0.15, -0.1) is 0 Å². The van der Waals surface area contributed by atoms with E-state index in [2.05, 4.69) is 30.9 Å². The molecule has 0 radical (unpaired) electrons. The second-order valence-electron chi connectivity index (χ2n) is 2.26. The van der Waals surface area contributed by atoms with Gasteiger partial charge in [-0.1, -0.05) is 0 Å². The van der Waals surface area contributed by atoms with Crippen molar-refractivity contribution >= 4 is 27.0 Å². The van der Waals surface area contributed by atoms with Crippen molar-refractivity contribution in [2.45, 2.75) is 0 Å². The molecule has 0 fully saturated rings. The van der Waals surface area contributed by atoms with E-state index in [1.807, 2.05) is 0 Å². The maximum Gasteiger partial charge on any atom is 0.250 e. The molecule has 0 aromatic carbocycles. The van der Waals surface area contributed by atoms with Crippen LogP contribution in [0.15, 0.2) is 27.9 Å². The minimum absolute atomic E-state index is 0.167. The van der Waals surface area contributed by atoms with Gasteiger partial charge in [0.05, 0.1) is 11.7 Å². The molecular formula is C7H4BrN3O. The number of aromatic amines is 1. The third-order valence-electron chi connectivity index (χ3n) is 1.42. The van der Waals surface area contributed by atoms with Crippen molar-refractivity contribution in [1.29, 1.82) is 0 Å². The van der Waals surface area contributed by atoms with Crippen LogP contribution in [0.1, 0.15) is 0 Å². The minimum Gasteiger partial charge on any atom is -0.327 e. The molecule has 0 unspecified atom stereocenters. The molecule has 0 aliphatic carbocycles. The molecule has 2 aromatic heterocycles. The normalized spacial score (nSPS) is 10.4. The van der Waals surface area contributed by atoms with Crippen molar-refractivity contribution in [2.24, 2.45) is 0 Å². The van der Waals surface area contributed by atoms with Gasteiger partial charge in [-0.3, -0.25) is 9.78 Å². The fourth-order valence-electron chi connectivity index (χ4n) is 0.913. The Morgan fingerprint density at radius 3 is 3.08 bits per heavy atom. The van der Waals surface area contributed by atoms with Gasteiger partial charge in [0.25, 0.3) is 0 Å². The van der Waals surface area contributed by atoms with Gasteiger partial charge in [-0.25, -0.2) is 4.98 Å². The lowest BCUT2D eigenvalue weighted by molar-refractivity contribution is 1.19. The van der Waals surface area contributed by atoms with Gasteiger partial charge in [0, 0.05) is 12.3 Å². The molecule has 0 aliphatic heterocycles. The van der Waals surface area contributed by atoms with Crippen LogP contribution >= 0.6 is 15.9 Å². The average Bonchev–Trinajstić information content (AvgIpc) is 2.05. The molecule has 0 aliphatic rings. The van der Waals surface area contributed by atoms with Crippen molar-refractivity contribution in [3.63, 3.8) is 0 Å². The van der Waals surface area contributed by atoms with Gasteiger partial charge >= 0.3 is 0 Å². The largest absolute Gasteiger partial charge is 0.327 e. The molecule has 4 nitrogen and oxygen atoms in total. The molecule has 0 spiro atoms. The molecule has 0 atom stereocenters. The molecule has 0 saturated carbocycles. The summed E-state index contributed by atoms with van der Waals surface area (Å²) in [6.07, 6.45) is 3.09.